The summed E-state index contributed by atoms with van der Waals surface area (Å²) in [6, 6.07) is 1.87. The van der Waals surface area contributed by atoms with Crippen molar-refractivity contribution in [1.82, 2.24) is 20.0 Å². The molecule has 5 nitrogen and oxygen atoms in total. The van der Waals surface area contributed by atoms with Gasteiger partial charge in [-0.25, -0.2) is 0 Å². The van der Waals surface area contributed by atoms with Crippen molar-refractivity contribution in [1.29, 1.82) is 0 Å². The van der Waals surface area contributed by atoms with Gasteiger partial charge in [0.05, 0.1) is 19.5 Å². The fourth-order valence-corrected chi connectivity index (χ4v) is 1.15. The number of aromatic nitrogens is 4. The molecular formula is C9H10N4O. The summed E-state index contributed by atoms with van der Waals surface area (Å²) in [6.45, 7) is 0. The Kier molecular flexibility index (Phi) is 2.14. The van der Waals surface area contributed by atoms with Gasteiger partial charge in [0, 0.05) is 18.8 Å². The molecule has 0 aliphatic rings. The topological polar surface area (TPSA) is 52.8 Å². The van der Waals surface area contributed by atoms with Crippen LogP contribution in [0.4, 0.5) is 0 Å². The number of pyridine rings is 1. The van der Waals surface area contributed by atoms with Crippen molar-refractivity contribution < 1.29 is 4.74 Å². The quantitative estimate of drug-likeness (QED) is 0.705. The average molecular weight is 190 g/mol. The van der Waals surface area contributed by atoms with Gasteiger partial charge in [-0.1, -0.05) is 0 Å². The minimum absolute atomic E-state index is 0.716. The molecule has 0 atom stereocenters. The molecule has 0 radical (unpaired) electrons. The van der Waals surface area contributed by atoms with E-state index in [1.54, 1.807) is 32.7 Å². The second kappa shape index (κ2) is 3.45. The summed E-state index contributed by atoms with van der Waals surface area (Å²) in [5.74, 6) is 0.716. The monoisotopic (exact) mass is 190 g/mol. The van der Waals surface area contributed by atoms with Crippen LogP contribution >= 0.6 is 0 Å². The van der Waals surface area contributed by atoms with Crippen molar-refractivity contribution >= 4 is 0 Å². The van der Waals surface area contributed by atoms with Crippen LogP contribution in [0.2, 0.25) is 0 Å². The van der Waals surface area contributed by atoms with Gasteiger partial charge in [-0.15, -0.1) is 0 Å². The van der Waals surface area contributed by atoms with E-state index in [9.17, 15) is 0 Å². The highest BCUT2D eigenvalue weighted by Gasteiger charge is 2.03. The first kappa shape index (κ1) is 8.68. The van der Waals surface area contributed by atoms with Crippen molar-refractivity contribution in [2.24, 2.45) is 7.05 Å². The van der Waals surface area contributed by atoms with Crippen LogP contribution in [0, 0.1) is 0 Å². The van der Waals surface area contributed by atoms with Gasteiger partial charge in [0.2, 0.25) is 0 Å². The highest BCUT2D eigenvalue weighted by atomic mass is 16.5. The lowest BCUT2D eigenvalue weighted by Crippen LogP contribution is -1.92. The van der Waals surface area contributed by atoms with Gasteiger partial charge in [-0.05, 0) is 6.07 Å². The summed E-state index contributed by atoms with van der Waals surface area (Å²) in [7, 11) is 3.38. The van der Waals surface area contributed by atoms with Gasteiger partial charge in [0.15, 0.2) is 0 Å². The number of nitrogens with zero attached hydrogens (tertiary/aromatic N) is 4. The third kappa shape index (κ3) is 1.56. The maximum atomic E-state index is 5.07. The maximum absolute atomic E-state index is 5.07. The molecule has 14 heavy (non-hydrogen) atoms. The van der Waals surface area contributed by atoms with E-state index in [0.717, 1.165) is 11.3 Å². The smallest absolute Gasteiger partial charge is 0.137 e. The van der Waals surface area contributed by atoms with E-state index >= 15 is 0 Å². The zero-order valence-corrected chi connectivity index (χ0v) is 8.01. The molecule has 2 heterocycles. The minimum Gasteiger partial charge on any atom is -0.495 e. The molecule has 2 aromatic heterocycles. The number of rotatable bonds is 2. The molecule has 0 N–H and O–H groups in total. The van der Waals surface area contributed by atoms with Crippen LogP contribution in [-0.4, -0.2) is 27.1 Å². The SMILES string of the molecule is COc1cncc(-c2cnn(C)n2)c1. The molecule has 72 valence electrons. The molecule has 0 amide bonds. The van der Waals surface area contributed by atoms with Crippen LogP contribution in [0.15, 0.2) is 24.7 Å². The zero-order chi connectivity index (χ0) is 9.97. The number of hydrogen-bond donors (Lipinski definition) is 0. The first-order valence-electron chi connectivity index (χ1n) is 4.15. The third-order valence-corrected chi connectivity index (χ3v) is 1.84. The third-order valence-electron chi connectivity index (χ3n) is 1.84. The van der Waals surface area contributed by atoms with Gasteiger partial charge >= 0.3 is 0 Å². The lowest BCUT2D eigenvalue weighted by Gasteiger charge is -1.99. The van der Waals surface area contributed by atoms with Gasteiger partial charge < -0.3 is 4.74 Å². The second-order valence-corrected chi connectivity index (χ2v) is 2.83. The Balaban J connectivity index is 2.41. The summed E-state index contributed by atoms with van der Waals surface area (Å²) >= 11 is 0. The second-order valence-electron chi connectivity index (χ2n) is 2.83. The van der Waals surface area contributed by atoms with Crippen LogP contribution in [0.3, 0.4) is 0 Å². The molecule has 5 heteroatoms. The number of ether oxygens (including phenoxy) is 1. The van der Waals surface area contributed by atoms with Crippen molar-refractivity contribution in [2.45, 2.75) is 0 Å². The van der Waals surface area contributed by atoms with Gasteiger partial charge in [0.1, 0.15) is 11.4 Å². The van der Waals surface area contributed by atoms with E-state index in [4.69, 9.17) is 4.74 Å². The van der Waals surface area contributed by atoms with Crippen molar-refractivity contribution in [2.75, 3.05) is 7.11 Å². The molecule has 0 bridgehead atoms. The highest BCUT2D eigenvalue weighted by Crippen LogP contribution is 2.19. The molecule has 2 rings (SSSR count). The van der Waals surface area contributed by atoms with Crippen LogP contribution < -0.4 is 4.74 Å². The molecule has 0 aliphatic carbocycles. The minimum atomic E-state index is 0.716. The lowest BCUT2D eigenvalue weighted by molar-refractivity contribution is 0.413. The number of methoxy groups -OCH3 is 1. The first-order valence-corrected chi connectivity index (χ1v) is 4.15. The van der Waals surface area contributed by atoms with E-state index in [2.05, 4.69) is 15.2 Å². The molecule has 0 fully saturated rings. The zero-order valence-electron chi connectivity index (χ0n) is 8.01. The predicted octanol–water partition coefficient (Wildman–Crippen LogP) is 0.886. The summed E-state index contributed by atoms with van der Waals surface area (Å²) in [5.41, 5.74) is 1.69. The summed E-state index contributed by atoms with van der Waals surface area (Å²) in [4.78, 5) is 5.55. The number of aryl methyl sites for hydroxylation is 1. The fraction of sp³-hybridized carbons (Fsp3) is 0.222. The number of hydrogen-bond acceptors (Lipinski definition) is 4. The largest absolute Gasteiger partial charge is 0.495 e. The van der Waals surface area contributed by atoms with Crippen LogP contribution in [0.1, 0.15) is 0 Å². The Hall–Kier alpha value is -1.91. The molecular weight excluding hydrogens is 180 g/mol. The van der Waals surface area contributed by atoms with Crippen LogP contribution in [0.25, 0.3) is 11.3 Å². The molecule has 2 aromatic rings. The summed E-state index contributed by atoms with van der Waals surface area (Å²) < 4.78 is 5.07. The normalized spacial score (nSPS) is 10.1. The highest BCUT2D eigenvalue weighted by molar-refractivity contribution is 5.58. The molecule has 0 saturated carbocycles. The van der Waals surface area contributed by atoms with Crippen molar-refractivity contribution in [3.8, 4) is 17.0 Å². The van der Waals surface area contributed by atoms with E-state index in [1.165, 1.54) is 4.80 Å². The Morgan fingerprint density at radius 3 is 2.79 bits per heavy atom. The lowest BCUT2D eigenvalue weighted by atomic mass is 10.2. The average Bonchev–Trinajstić information content (AvgIpc) is 2.65. The van der Waals surface area contributed by atoms with E-state index in [-0.39, 0.29) is 0 Å². The Labute approximate surface area is 81.3 Å². The Bertz CT molecular complexity index is 438. The fourth-order valence-electron chi connectivity index (χ4n) is 1.15. The van der Waals surface area contributed by atoms with Gasteiger partial charge in [-0.3, -0.25) is 4.98 Å². The Morgan fingerprint density at radius 1 is 1.29 bits per heavy atom. The Morgan fingerprint density at radius 2 is 2.14 bits per heavy atom. The summed E-state index contributed by atoms with van der Waals surface area (Å²) in [6.07, 6.45) is 5.07. The predicted molar refractivity (Wildman–Crippen MR) is 50.8 cm³/mol. The molecule has 0 aliphatic heterocycles. The van der Waals surface area contributed by atoms with E-state index < -0.39 is 0 Å². The van der Waals surface area contributed by atoms with Crippen molar-refractivity contribution in [3.05, 3.63) is 24.7 Å². The summed E-state index contributed by atoms with van der Waals surface area (Å²) in [5, 5.41) is 8.15. The van der Waals surface area contributed by atoms with E-state index in [1.807, 2.05) is 6.07 Å². The van der Waals surface area contributed by atoms with Gasteiger partial charge in [0.25, 0.3) is 0 Å². The van der Waals surface area contributed by atoms with Crippen LogP contribution in [-0.2, 0) is 7.05 Å². The molecule has 0 saturated heterocycles. The van der Waals surface area contributed by atoms with E-state index in [0.29, 0.717) is 5.75 Å². The molecule has 0 unspecified atom stereocenters. The molecule has 0 aromatic carbocycles. The van der Waals surface area contributed by atoms with Crippen LogP contribution in [0.5, 0.6) is 5.75 Å². The standard InChI is InChI=1S/C9H10N4O/c1-13-11-6-9(12-13)7-3-8(14-2)5-10-4-7/h3-6H,1-2H3. The first-order chi connectivity index (χ1) is 6.79. The molecule has 0 spiro atoms. The van der Waals surface area contributed by atoms with Crippen molar-refractivity contribution in [3.63, 3.8) is 0 Å². The van der Waals surface area contributed by atoms with Gasteiger partial charge in [-0.2, -0.15) is 15.0 Å². The maximum Gasteiger partial charge on any atom is 0.137 e.